The molecule has 4 heteroatoms. The van der Waals surface area contributed by atoms with Crippen LogP contribution < -0.4 is 15.8 Å². The largest absolute Gasteiger partial charge is 0.497 e. The monoisotopic (exact) mass is 194 g/mol. The SMILES string of the molecule is COc1ccc(NC(=O)[C@@H](C)N)cc1. The van der Waals surface area contributed by atoms with Crippen LogP contribution in [0.15, 0.2) is 24.3 Å². The molecule has 0 aliphatic rings. The smallest absolute Gasteiger partial charge is 0.240 e. The third-order valence-electron chi connectivity index (χ3n) is 1.77. The normalized spacial score (nSPS) is 11.9. The molecule has 0 bridgehead atoms. The van der Waals surface area contributed by atoms with E-state index in [1.165, 1.54) is 0 Å². The van der Waals surface area contributed by atoms with Gasteiger partial charge in [0.1, 0.15) is 5.75 Å². The van der Waals surface area contributed by atoms with Crippen molar-refractivity contribution >= 4 is 11.6 Å². The Morgan fingerprint density at radius 3 is 2.43 bits per heavy atom. The number of carbonyl (C=O) groups excluding carboxylic acids is 1. The highest BCUT2D eigenvalue weighted by Gasteiger charge is 2.06. The number of ether oxygens (including phenoxy) is 1. The minimum Gasteiger partial charge on any atom is -0.497 e. The molecule has 76 valence electrons. The molecule has 0 fully saturated rings. The molecule has 0 heterocycles. The number of hydrogen-bond acceptors (Lipinski definition) is 3. The van der Waals surface area contributed by atoms with E-state index < -0.39 is 6.04 Å². The number of methoxy groups -OCH3 is 1. The van der Waals surface area contributed by atoms with E-state index in [0.29, 0.717) is 5.69 Å². The predicted octanol–water partition coefficient (Wildman–Crippen LogP) is 0.981. The predicted molar refractivity (Wildman–Crippen MR) is 55.3 cm³/mol. The lowest BCUT2D eigenvalue weighted by Crippen LogP contribution is -2.32. The first-order valence-electron chi connectivity index (χ1n) is 4.34. The highest BCUT2D eigenvalue weighted by atomic mass is 16.5. The molecule has 1 atom stereocenters. The number of hydrogen-bond donors (Lipinski definition) is 2. The Morgan fingerprint density at radius 2 is 2.00 bits per heavy atom. The third-order valence-corrected chi connectivity index (χ3v) is 1.77. The van der Waals surface area contributed by atoms with Crippen LogP contribution in [0.3, 0.4) is 0 Å². The molecule has 1 rings (SSSR count). The van der Waals surface area contributed by atoms with Crippen LogP contribution in [0, 0.1) is 0 Å². The van der Waals surface area contributed by atoms with Gasteiger partial charge < -0.3 is 15.8 Å². The van der Waals surface area contributed by atoms with Gasteiger partial charge in [-0.2, -0.15) is 0 Å². The van der Waals surface area contributed by atoms with Crippen LogP contribution in [0.5, 0.6) is 5.75 Å². The molecule has 0 spiro atoms. The Morgan fingerprint density at radius 1 is 1.43 bits per heavy atom. The number of carbonyl (C=O) groups is 1. The van der Waals surface area contributed by atoms with E-state index >= 15 is 0 Å². The molecule has 1 amide bonds. The fourth-order valence-corrected chi connectivity index (χ4v) is 0.930. The number of amides is 1. The lowest BCUT2D eigenvalue weighted by Gasteiger charge is -2.07. The minimum atomic E-state index is -0.503. The molecule has 1 aromatic carbocycles. The summed E-state index contributed by atoms with van der Waals surface area (Å²) in [5.74, 6) is 0.555. The zero-order valence-corrected chi connectivity index (χ0v) is 8.28. The topological polar surface area (TPSA) is 64.3 Å². The molecule has 0 aliphatic carbocycles. The van der Waals surface area contributed by atoms with E-state index in [-0.39, 0.29) is 5.91 Å². The second-order valence-electron chi connectivity index (χ2n) is 3.01. The number of nitrogens with two attached hydrogens (primary N) is 1. The van der Waals surface area contributed by atoms with Gasteiger partial charge in [-0.05, 0) is 31.2 Å². The summed E-state index contributed by atoms with van der Waals surface area (Å²) < 4.78 is 4.98. The van der Waals surface area contributed by atoms with Gasteiger partial charge in [-0.15, -0.1) is 0 Å². The van der Waals surface area contributed by atoms with Gasteiger partial charge in [0.15, 0.2) is 0 Å². The summed E-state index contributed by atoms with van der Waals surface area (Å²) in [4.78, 5) is 11.2. The maximum absolute atomic E-state index is 11.2. The van der Waals surface area contributed by atoms with E-state index in [1.54, 1.807) is 38.3 Å². The van der Waals surface area contributed by atoms with E-state index in [1.807, 2.05) is 0 Å². The van der Waals surface area contributed by atoms with E-state index in [2.05, 4.69) is 5.32 Å². The maximum Gasteiger partial charge on any atom is 0.240 e. The average molecular weight is 194 g/mol. The summed E-state index contributed by atoms with van der Waals surface area (Å²) in [6.45, 7) is 1.64. The second kappa shape index (κ2) is 4.62. The van der Waals surface area contributed by atoms with Crippen LogP contribution >= 0.6 is 0 Å². The molecule has 1 aromatic rings. The summed E-state index contributed by atoms with van der Waals surface area (Å²) in [7, 11) is 1.59. The molecule has 0 saturated carbocycles. The zero-order chi connectivity index (χ0) is 10.6. The Hall–Kier alpha value is -1.55. The Balaban J connectivity index is 2.64. The summed E-state index contributed by atoms with van der Waals surface area (Å²) >= 11 is 0. The van der Waals surface area contributed by atoms with Gasteiger partial charge >= 0.3 is 0 Å². The highest BCUT2D eigenvalue weighted by Crippen LogP contribution is 2.14. The molecule has 0 unspecified atom stereocenters. The van der Waals surface area contributed by atoms with Crippen molar-refractivity contribution in [1.82, 2.24) is 0 Å². The van der Waals surface area contributed by atoms with Crippen LogP contribution in [0.2, 0.25) is 0 Å². The van der Waals surface area contributed by atoms with Crippen molar-refractivity contribution in [1.29, 1.82) is 0 Å². The van der Waals surface area contributed by atoms with Gasteiger partial charge in [0.2, 0.25) is 5.91 Å². The van der Waals surface area contributed by atoms with Crippen LogP contribution in [-0.4, -0.2) is 19.1 Å². The van der Waals surface area contributed by atoms with Gasteiger partial charge in [-0.25, -0.2) is 0 Å². The first-order chi connectivity index (χ1) is 6.63. The van der Waals surface area contributed by atoms with Gasteiger partial charge in [0, 0.05) is 5.69 Å². The van der Waals surface area contributed by atoms with E-state index in [9.17, 15) is 4.79 Å². The Kier molecular flexibility index (Phi) is 3.48. The van der Waals surface area contributed by atoms with Crippen LogP contribution in [0.4, 0.5) is 5.69 Å². The molecular weight excluding hydrogens is 180 g/mol. The van der Waals surface area contributed by atoms with Crippen LogP contribution in [0.1, 0.15) is 6.92 Å². The third kappa shape index (κ3) is 2.74. The Bertz CT molecular complexity index is 306. The molecule has 14 heavy (non-hydrogen) atoms. The number of benzene rings is 1. The first-order valence-corrected chi connectivity index (χ1v) is 4.34. The molecule has 0 saturated heterocycles. The van der Waals surface area contributed by atoms with E-state index in [0.717, 1.165) is 5.75 Å². The Labute approximate surface area is 83.1 Å². The molecule has 0 radical (unpaired) electrons. The summed E-state index contributed by atoms with van der Waals surface area (Å²) in [6, 6.07) is 6.57. The van der Waals surface area contributed by atoms with Gasteiger partial charge in [-0.1, -0.05) is 0 Å². The van der Waals surface area contributed by atoms with Crippen LogP contribution in [0.25, 0.3) is 0 Å². The lowest BCUT2D eigenvalue weighted by atomic mass is 10.2. The quantitative estimate of drug-likeness (QED) is 0.753. The van der Waals surface area contributed by atoms with Gasteiger partial charge in [0.25, 0.3) is 0 Å². The van der Waals surface area contributed by atoms with Crippen molar-refractivity contribution in [2.24, 2.45) is 5.73 Å². The maximum atomic E-state index is 11.2. The molecule has 0 aliphatic heterocycles. The molecule has 0 aromatic heterocycles. The van der Waals surface area contributed by atoms with Crippen molar-refractivity contribution in [3.63, 3.8) is 0 Å². The minimum absolute atomic E-state index is 0.199. The fourth-order valence-electron chi connectivity index (χ4n) is 0.930. The number of anilines is 1. The van der Waals surface area contributed by atoms with Crippen molar-refractivity contribution in [3.05, 3.63) is 24.3 Å². The van der Waals surface area contributed by atoms with Crippen molar-refractivity contribution in [2.45, 2.75) is 13.0 Å². The lowest BCUT2D eigenvalue weighted by molar-refractivity contribution is -0.117. The average Bonchev–Trinajstić information content (AvgIpc) is 2.19. The highest BCUT2D eigenvalue weighted by molar-refractivity contribution is 5.94. The summed E-state index contributed by atoms with van der Waals surface area (Å²) in [5.41, 5.74) is 6.12. The number of rotatable bonds is 3. The summed E-state index contributed by atoms with van der Waals surface area (Å²) in [6.07, 6.45) is 0. The standard InChI is InChI=1S/C10H14N2O2/c1-7(11)10(13)12-8-3-5-9(14-2)6-4-8/h3-7H,11H2,1-2H3,(H,12,13)/t7-/m1/s1. The zero-order valence-electron chi connectivity index (χ0n) is 8.28. The molecule has 4 nitrogen and oxygen atoms in total. The van der Waals surface area contributed by atoms with Crippen LogP contribution in [-0.2, 0) is 4.79 Å². The van der Waals surface area contributed by atoms with Crippen molar-refractivity contribution < 1.29 is 9.53 Å². The first kappa shape index (κ1) is 10.5. The van der Waals surface area contributed by atoms with Gasteiger partial charge in [-0.3, -0.25) is 4.79 Å². The summed E-state index contributed by atoms with van der Waals surface area (Å²) in [5, 5.41) is 2.67. The molecular formula is C10H14N2O2. The van der Waals surface area contributed by atoms with Crippen molar-refractivity contribution in [3.8, 4) is 5.75 Å². The van der Waals surface area contributed by atoms with Gasteiger partial charge in [0.05, 0.1) is 13.2 Å². The number of nitrogens with one attached hydrogen (secondary N) is 1. The van der Waals surface area contributed by atoms with Crippen molar-refractivity contribution in [2.75, 3.05) is 12.4 Å². The molecule has 3 N–H and O–H groups in total. The fraction of sp³-hybridized carbons (Fsp3) is 0.300. The van der Waals surface area contributed by atoms with E-state index in [4.69, 9.17) is 10.5 Å². The second-order valence-corrected chi connectivity index (χ2v) is 3.01.